The van der Waals surface area contributed by atoms with Crippen molar-refractivity contribution in [1.29, 1.82) is 0 Å². The van der Waals surface area contributed by atoms with Crippen molar-refractivity contribution in [3.63, 3.8) is 0 Å². The number of hydrogen-bond acceptors (Lipinski definition) is 5. The summed E-state index contributed by atoms with van der Waals surface area (Å²) in [7, 11) is -4.71. The first-order valence-electron chi connectivity index (χ1n) is 9.63. The lowest BCUT2D eigenvalue weighted by Crippen LogP contribution is -2.16. The monoisotopic (exact) mass is 536 g/mol. The van der Waals surface area contributed by atoms with Crippen molar-refractivity contribution in [3.8, 4) is 11.1 Å². The zero-order valence-corrected chi connectivity index (χ0v) is 20.2. The fraction of sp³-hybridized carbons (Fsp3) is 0.0455. The molecule has 0 radical (unpaired) electrons. The zero-order chi connectivity index (χ0) is 24.5. The predicted molar refractivity (Wildman–Crippen MR) is 130 cm³/mol. The molecule has 34 heavy (non-hydrogen) atoms. The molecule has 0 aliphatic rings. The molecule has 0 atom stereocenters. The SMILES string of the molecule is O=C(Nc1cccc(-c2ccc(Cl)cc2)c1S(=O)(=O)O)c1cn(Cc2ccc(Cl)cc2Cl)nn1. The number of carbonyl (C=O) groups excluding carboxylic acids is 1. The van der Waals surface area contributed by atoms with Gasteiger partial charge in [-0.25, -0.2) is 4.68 Å². The lowest BCUT2D eigenvalue weighted by Gasteiger charge is -2.13. The number of benzene rings is 3. The van der Waals surface area contributed by atoms with Gasteiger partial charge < -0.3 is 5.32 Å². The summed E-state index contributed by atoms with van der Waals surface area (Å²) in [6.07, 6.45) is 1.39. The lowest BCUT2D eigenvalue weighted by molar-refractivity contribution is 0.102. The zero-order valence-electron chi connectivity index (χ0n) is 17.1. The minimum atomic E-state index is -4.71. The van der Waals surface area contributed by atoms with E-state index in [0.29, 0.717) is 26.2 Å². The highest BCUT2D eigenvalue weighted by Crippen LogP contribution is 2.34. The number of nitrogens with one attached hydrogen (secondary N) is 1. The van der Waals surface area contributed by atoms with Gasteiger partial charge in [-0.05, 0) is 41.5 Å². The van der Waals surface area contributed by atoms with Gasteiger partial charge in [-0.2, -0.15) is 8.42 Å². The molecule has 0 saturated heterocycles. The van der Waals surface area contributed by atoms with Crippen molar-refractivity contribution >= 4 is 56.5 Å². The van der Waals surface area contributed by atoms with Crippen LogP contribution in [0.5, 0.6) is 0 Å². The quantitative estimate of drug-likeness (QED) is 0.316. The number of hydrogen-bond donors (Lipinski definition) is 2. The molecule has 1 heterocycles. The molecule has 0 bridgehead atoms. The molecule has 0 aliphatic carbocycles. The number of anilines is 1. The highest BCUT2D eigenvalue weighted by atomic mass is 35.5. The van der Waals surface area contributed by atoms with Crippen molar-refractivity contribution in [1.82, 2.24) is 15.0 Å². The molecule has 2 N–H and O–H groups in total. The molecule has 0 fully saturated rings. The molecule has 4 rings (SSSR count). The molecule has 12 heteroatoms. The Labute approximate surface area is 209 Å². The molecule has 1 amide bonds. The second-order valence-corrected chi connectivity index (χ2v) is 9.79. The molecule has 8 nitrogen and oxygen atoms in total. The minimum absolute atomic E-state index is 0.0664. The summed E-state index contributed by atoms with van der Waals surface area (Å²) in [5.41, 5.74) is 1.21. The van der Waals surface area contributed by atoms with Crippen molar-refractivity contribution in [3.05, 3.63) is 93.2 Å². The van der Waals surface area contributed by atoms with Gasteiger partial charge in [-0.15, -0.1) is 5.10 Å². The Morgan fingerprint density at radius 1 is 1.00 bits per heavy atom. The second kappa shape index (κ2) is 9.73. The number of carbonyl (C=O) groups is 1. The Bertz CT molecular complexity index is 1490. The lowest BCUT2D eigenvalue weighted by atomic mass is 10.0. The molecule has 0 aliphatic heterocycles. The summed E-state index contributed by atoms with van der Waals surface area (Å²) >= 11 is 18.0. The molecule has 3 aromatic carbocycles. The van der Waals surface area contributed by atoms with E-state index in [0.717, 1.165) is 0 Å². The van der Waals surface area contributed by atoms with Crippen LogP contribution in [-0.2, 0) is 16.7 Å². The summed E-state index contributed by atoms with van der Waals surface area (Å²) in [6.45, 7) is 0.235. The molecule has 4 aromatic rings. The van der Waals surface area contributed by atoms with Crippen molar-refractivity contribution in [2.45, 2.75) is 11.4 Å². The number of nitrogens with zero attached hydrogens (tertiary/aromatic N) is 3. The van der Waals surface area contributed by atoms with E-state index in [1.54, 1.807) is 48.5 Å². The summed E-state index contributed by atoms with van der Waals surface area (Å²) in [5, 5.41) is 11.6. The van der Waals surface area contributed by atoms with E-state index in [1.807, 2.05) is 0 Å². The molecule has 174 valence electrons. The number of halogens is 3. The average Bonchev–Trinajstić information content (AvgIpc) is 3.24. The van der Waals surface area contributed by atoms with Crippen molar-refractivity contribution in [2.75, 3.05) is 5.32 Å². The van der Waals surface area contributed by atoms with Crippen LogP contribution in [0.2, 0.25) is 15.1 Å². The van der Waals surface area contributed by atoms with Crippen LogP contribution in [0.4, 0.5) is 5.69 Å². The largest absolute Gasteiger partial charge is 0.319 e. The Morgan fingerprint density at radius 2 is 1.71 bits per heavy atom. The van der Waals surface area contributed by atoms with Gasteiger partial charge in [-0.3, -0.25) is 9.35 Å². The molecule has 0 saturated carbocycles. The van der Waals surface area contributed by atoms with Crippen LogP contribution in [0.15, 0.2) is 71.8 Å². The predicted octanol–water partition coefficient (Wildman–Crippen LogP) is 5.45. The maximum absolute atomic E-state index is 12.8. The van der Waals surface area contributed by atoms with Gasteiger partial charge in [0.05, 0.1) is 18.4 Å². The third kappa shape index (κ3) is 5.40. The van der Waals surface area contributed by atoms with Crippen LogP contribution in [-0.4, -0.2) is 33.9 Å². The van der Waals surface area contributed by atoms with Gasteiger partial charge in [0, 0.05) is 20.6 Å². The summed E-state index contributed by atoms with van der Waals surface area (Å²) in [5.74, 6) is -0.716. The van der Waals surface area contributed by atoms with E-state index in [-0.39, 0.29) is 23.5 Å². The first kappa shape index (κ1) is 24.2. The molecule has 0 unspecified atom stereocenters. The van der Waals surface area contributed by atoms with E-state index in [1.165, 1.54) is 23.0 Å². The van der Waals surface area contributed by atoms with E-state index < -0.39 is 20.9 Å². The first-order chi connectivity index (χ1) is 16.1. The number of aromatic nitrogens is 3. The normalized spacial score (nSPS) is 11.4. The van der Waals surface area contributed by atoms with E-state index in [2.05, 4.69) is 15.6 Å². The summed E-state index contributed by atoms with van der Waals surface area (Å²) < 4.78 is 35.7. The molecule has 1 aromatic heterocycles. The van der Waals surface area contributed by atoms with Crippen LogP contribution < -0.4 is 5.32 Å². The summed E-state index contributed by atoms with van der Waals surface area (Å²) in [4.78, 5) is 12.3. The van der Waals surface area contributed by atoms with Crippen LogP contribution in [0.3, 0.4) is 0 Å². The van der Waals surface area contributed by atoms with Crippen molar-refractivity contribution < 1.29 is 17.8 Å². The average molecular weight is 538 g/mol. The second-order valence-electron chi connectivity index (χ2n) is 7.16. The number of rotatable bonds is 6. The third-order valence-electron chi connectivity index (χ3n) is 4.80. The minimum Gasteiger partial charge on any atom is -0.319 e. The van der Waals surface area contributed by atoms with Gasteiger partial charge >= 0.3 is 0 Å². The van der Waals surface area contributed by atoms with Crippen molar-refractivity contribution in [2.24, 2.45) is 0 Å². The molecular formula is C22H15Cl3N4O4S. The Morgan fingerprint density at radius 3 is 2.38 bits per heavy atom. The Hall–Kier alpha value is -2.95. The van der Waals surface area contributed by atoms with Gasteiger partial charge in [0.1, 0.15) is 4.90 Å². The van der Waals surface area contributed by atoms with Gasteiger partial charge in [-0.1, -0.05) is 70.3 Å². The fourth-order valence-corrected chi connectivity index (χ4v) is 4.72. The Balaban J connectivity index is 1.62. The van der Waals surface area contributed by atoms with Gasteiger partial charge in [0.15, 0.2) is 5.69 Å². The highest BCUT2D eigenvalue weighted by Gasteiger charge is 2.24. The van der Waals surface area contributed by atoms with Gasteiger partial charge in [0.25, 0.3) is 16.0 Å². The fourth-order valence-electron chi connectivity index (χ4n) is 3.26. The highest BCUT2D eigenvalue weighted by molar-refractivity contribution is 7.86. The molecule has 0 spiro atoms. The van der Waals surface area contributed by atoms with Crippen LogP contribution in [0.1, 0.15) is 16.1 Å². The topological polar surface area (TPSA) is 114 Å². The first-order valence-corrected chi connectivity index (χ1v) is 12.2. The van der Waals surface area contributed by atoms with Crippen LogP contribution in [0, 0.1) is 0 Å². The van der Waals surface area contributed by atoms with E-state index in [4.69, 9.17) is 34.8 Å². The number of amides is 1. The van der Waals surface area contributed by atoms with Crippen LogP contribution in [0.25, 0.3) is 11.1 Å². The summed E-state index contributed by atoms with van der Waals surface area (Å²) in [6, 6.07) is 15.8. The van der Waals surface area contributed by atoms with E-state index >= 15 is 0 Å². The smallest absolute Gasteiger partial charge is 0.297 e. The van der Waals surface area contributed by atoms with Gasteiger partial charge in [0.2, 0.25) is 0 Å². The Kier molecular flexibility index (Phi) is 6.92. The maximum Gasteiger partial charge on any atom is 0.297 e. The standard InChI is InChI=1S/C22H15Cl3N4O4S/c23-15-7-4-13(5-8-15)17-2-1-3-19(21(17)34(31,32)33)26-22(30)20-12-29(28-27-20)11-14-6-9-16(24)10-18(14)25/h1-10,12H,11H2,(H,26,30)(H,31,32,33). The molecular weight excluding hydrogens is 523 g/mol. The maximum atomic E-state index is 12.8. The van der Waals surface area contributed by atoms with E-state index in [9.17, 15) is 17.8 Å². The van der Waals surface area contributed by atoms with Crippen LogP contribution >= 0.6 is 34.8 Å². The third-order valence-corrected chi connectivity index (χ3v) is 6.59.